The topological polar surface area (TPSA) is 24.5 Å². The Morgan fingerprint density at radius 1 is 1.29 bits per heavy atom. The Balaban J connectivity index is 1.52. The summed E-state index contributed by atoms with van der Waals surface area (Å²) in [4.78, 5) is 2.62. The molecule has 2 aliphatic carbocycles. The lowest BCUT2D eigenvalue weighted by atomic mass is 9.81. The molecule has 0 aromatic heterocycles. The molecule has 2 bridgehead atoms. The van der Waals surface area contributed by atoms with Gasteiger partial charge in [0.2, 0.25) is 0 Å². The van der Waals surface area contributed by atoms with Gasteiger partial charge in [-0.15, -0.1) is 0 Å². The van der Waals surface area contributed by atoms with Gasteiger partial charge >= 0.3 is 0 Å². The first-order valence-electron chi connectivity index (χ1n) is 9.18. The molecule has 3 heteroatoms. The van der Waals surface area contributed by atoms with Crippen LogP contribution in [0.15, 0.2) is 0 Å². The van der Waals surface area contributed by atoms with Crippen LogP contribution in [0.25, 0.3) is 0 Å². The van der Waals surface area contributed by atoms with E-state index in [9.17, 15) is 0 Å². The fourth-order valence-corrected chi connectivity index (χ4v) is 5.26. The van der Waals surface area contributed by atoms with Crippen molar-refractivity contribution in [2.24, 2.45) is 23.2 Å². The Morgan fingerprint density at radius 2 is 2.19 bits per heavy atom. The van der Waals surface area contributed by atoms with Gasteiger partial charge in [-0.1, -0.05) is 13.3 Å². The first-order chi connectivity index (χ1) is 10.2. The summed E-state index contributed by atoms with van der Waals surface area (Å²) in [6.45, 7) is 8.81. The lowest BCUT2D eigenvalue weighted by molar-refractivity contribution is -0.0250. The number of ether oxygens (including phenoxy) is 1. The number of nitrogens with one attached hydrogen (secondary N) is 1. The maximum atomic E-state index is 5.84. The van der Waals surface area contributed by atoms with Crippen molar-refractivity contribution in [1.82, 2.24) is 10.2 Å². The summed E-state index contributed by atoms with van der Waals surface area (Å²) < 4.78 is 5.84. The van der Waals surface area contributed by atoms with Crippen LogP contribution in [0.3, 0.4) is 0 Å². The molecule has 2 saturated carbocycles. The van der Waals surface area contributed by atoms with Crippen molar-refractivity contribution in [2.75, 3.05) is 46.4 Å². The summed E-state index contributed by atoms with van der Waals surface area (Å²) in [6, 6.07) is 0. The molecule has 0 aromatic rings. The fourth-order valence-electron chi connectivity index (χ4n) is 5.26. The molecule has 1 aliphatic heterocycles. The highest BCUT2D eigenvalue weighted by molar-refractivity contribution is 4.92. The summed E-state index contributed by atoms with van der Waals surface area (Å²) in [5, 5.41) is 3.58. The van der Waals surface area contributed by atoms with E-state index in [2.05, 4.69) is 24.2 Å². The maximum Gasteiger partial charge on any atom is 0.0546 e. The summed E-state index contributed by atoms with van der Waals surface area (Å²) in [6.07, 6.45) is 8.61. The summed E-state index contributed by atoms with van der Waals surface area (Å²) in [5.41, 5.74) is 0.348. The van der Waals surface area contributed by atoms with Crippen LogP contribution in [0.1, 0.15) is 45.4 Å². The third-order valence-electron chi connectivity index (χ3n) is 6.19. The quantitative estimate of drug-likeness (QED) is 0.781. The first kappa shape index (κ1) is 15.8. The molecule has 1 heterocycles. The smallest absolute Gasteiger partial charge is 0.0546 e. The van der Waals surface area contributed by atoms with Crippen LogP contribution in [0, 0.1) is 23.2 Å². The average molecular weight is 294 g/mol. The van der Waals surface area contributed by atoms with E-state index in [0.717, 1.165) is 44.1 Å². The second kappa shape index (κ2) is 6.97. The Bertz CT molecular complexity index is 327. The predicted molar refractivity (Wildman–Crippen MR) is 87.5 cm³/mol. The maximum absolute atomic E-state index is 5.84. The molecule has 3 fully saturated rings. The molecule has 0 radical (unpaired) electrons. The average Bonchev–Trinajstić information content (AvgIpc) is 3.08. The molecule has 1 saturated heterocycles. The van der Waals surface area contributed by atoms with Gasteiger partial charge < -0.3 is 15.0 Å². The Morgan fingerprint density at radius 3 is 2.81 bits per heavy atom. The van der Waals surface area contributed by atoms with Gasteiger partial charge in [-0.2, -0.15) is 0 Å². The van der Waals surface area contributed by atoms with Gasteiger partial charge in [-0.05, 0) is 63.5 Å². The van der Waals surface area contributed by atoms with Gasteiger partial charge in [0.15, 0.2) is 0 Å². The molecule has 3 nitrogen and oxygen atoms in total. The van der Waals surface area contributed by atoms with Gasteiger partial charge in [0.1, 0.15) is 0 Å². The Labute approximate surface area is 130 Å². The minimum Gasteiger partial charge on any atom is -0.381 e. The highest BCUT2D eigenvalue weighted by atomic mass is 16.5. The second-order valence-corrected chi connectivity index (χ2v) is 8.07. The van der Waals surface area contributed by atoms with E-state index in [1.54, 1.807) is 0 Å². The van der Waals surface area contributed by atoms with Crippen LogP contribution < -0.4 is 5.32 Å². The monoisotopic (exact) mass is 294 g/mol. The lowest BCUT2D eigenvalue weighted by Gasteiger charge is -2.41. The minimum atomic E-state index is 0.348. The van der Waals surface area contributed by atoms with Crippen LogP contribution in [-0.2, 0) is 4.74 Å². The van der Waals surface area contributed by atoms with Crippen LogP contribution in [0.2, 0.25) is 0 Å². The molecule has 0 amide bonds. The summed E-state index contributed by atoms with van der Waals surface area (Å²) >= 11 is 0. The van der Waals surface area contributed by atoms with Gasteiger partial charge in [0.25, 0.3) is 0 Å². The van der Waals surface area contributed by atoms with Crippen LogP contribution >= 0.6 is 0 Å². The molecule has 3 aliphatic rings. The molecule has 0 spiro atoms. The largest absolute Gasteiger partial charge is 0.381 e. The molecule has 3 rings (SSSR count). The number of rotatable bonds is 7. The van der Waals surface area contributed by atoms with Gasteiger partial charge in [0.05, 0.1) is 6.61 Å². The molecule has 0 aromatic carbocycles. The van der Waals surface area contributed by atoms with Crippen molar-refractivity contribution in [2.45, 2.75) is 45.4 Å². The third kappa shape index (κ3) is 3.80. The number of fused-ring (bicyclic) bond motifs is 2. The van der Waals surface area contributed by atoms with E-state index in [1.165, 1.54) is 51.6 Å². The fraction of sp³-hybridized carbons (Fsp3) is 1.00. The molecule has 4 unspecified atom stereocenters. The van der Waals surface area contributed by atoms with E-state index in [1.807, 2.05) is 0 Å². The first-order valence-corrected chi connectivity index (χ1v) is 9.18. The molecule has 122 valence electrons. The van der Waals surface area contributed by atoms with Crippen LogP contribution in [-0.4, -0.2) is 51.3 Å². The predicted octanol–water partition coefficient (Wildman–Crippen LogP) is 2.76. The van der Waals surface area contributed by atoms with E-state index >= 15 is 0 Å². The van der Waals surface area contributed by atoms with Gasteiger partial charge in [-0.25, -0.2) is 0 Å². The zero-order valence-electron chi connectivity index (χ0n) is 14.1. The highest BCUT2D eigenvalue weighted by Crippen LogP contribution is 2.48. The number of hydrogen-bond donors (Lipinski definition) is 1. The molecule has 4 atom stereocenters. The highest BCUT2D eigenvalue weighted by Gasteiger charge is 2.40. The van der Waals surface area contributed by atoms with Gasteiger partial charge in [0, 0.05) is 31.7 Å². The van der Waals surface area contributed by atoms with Crippen molar-refractivity contribution >= 4 is 0 Å². The molecular formula is C18H34N2O. The van der Waals surface area contributed by atoms with Gasteiger partial charge in [-0.3, -0.25) is 0 Å². The summed E-state index contributed by atoms with van der Waals surface area (Å²) in [5.74, 6) is 3.10. The lowest BCUT2D eigenvalue weighted by Crippen LogP contribution is -2.49. The molecular weight excluding hydrogens is 260 g/mol. The van der Waals surface area contributed by atoms with E-state index < -0.39 is 0 Å². The minimum absolute atomic E-state index is 0.348. The second-order valence-electron chi connectivity index (χ2n) is 8.07. The number of nitrogens with zero attached hydrogens (tertiary/aromatic N) is 1. The van der Waals surface area contributed by atoms with Crippen molar-refractivity contribution < 1.29 is 4.74 Å². The summed E-state index contributed by atoms with van der Waals surface area (Å²) in [7, 11) is 2.34. The SMILES string of the molecule is CCNCC1(CN(C)CC2CC3CCC2C3)CCCOC1. The zero-order valence-corrected chi connectivity index (χ0v) is 14.1. The molecule has 21 heavy (non-hydrogen) atoms. The standard InChI is InChI=1S/C18H34N2O/c1-3-19-12-18(7-4-8-21-14-18)13-20(2)11-17-10-15-5-6-16(17)9-15/h15-17,19H,3-14H2,1-2H3. The van der Waals surface area contributed by atoms with Crippen molar-refractivity contribution in [3.63, 3.8) is 0 Å². The van der Waals surface area contributed by atoms with Crippen molar-refractivity contribution in [3.05, 3.63) is 0 Å². The van der Waals surface area contributed by atoms with Crippen molar-refractivity contribution in [3.8, 4) is 0 Å². The van der Waals surface area contributed by atoms with Crippen molar-refractivity contribution in [1.29, 1.82) is 0 Å². The molecule has 1 N–H and O–H groups in total. The number of hydrogen-bond acceptors (Lipinski definition) is 3. The van der Waals surface area contributed by atoms with Crippen LogP contribution in [0.4, 0.5) is 0 Å². The van der Waals surface area contributed by atoms with Crippen LogP contribution in [0.5, 0.6) is 0 Å². The van der Waals surface area contributed by atoms with E-state index in [-0.39, 0.29) is 0 Å². The Hall–Kier alpha value is -0.120. The zero-order chi connectivity index (χ0) is 14.7. The van der Waals surface area contributed by atoms with E-state index in [0.29, 0.717) is 5.41 Å². The Kier molecular flexibility index (Phi) is 5.23. The van der Waals surface area contributed by atoms with E-state index in [4.69, 9.17) is 4.74 Å². The normalized spacial score (nSPS) is 39.3. The third-order valence-corrected chi connectivity index (χ3v) is 6.19.